The Bertz CT molecular complexity index is 1190. The number of anilines is 1. The molecule has 3 aliphatic rings. The van der Waals surface area contributed by atoms with Crippen LogP contribution in [0.2, 0.25) is 0 Å². The molecule has 5 rings (SSSR count). The zero-order chi connectivity index (χ0) is 25.4. The Kier molecular flexibility index (Phi) is 6.24. The summed E-state index contributed by atoms with van der Waals surface area (Å²) in [7, 11) is 0. The third-order valence-electron chi connectivity index (χ3n) is 6.64. The van der Waals surface area contributed by atoms with Crippen molar-refractivity contribution in [3.63, 3.8) is 0 Å². The molecular formula is C27H31N3O6. The highest BCUT2D eigenvalue weighted by molar-refractivity contribution is 5.99. The summed E-state index contributed by atoms with van der Waals surface area (Å²) in [6.07, 6.45) is 1.11. The molecule has 36 heavy (non-hydrogen) atoms. The fraction of sp³-hybridized carbons (Fsp3) is 0.444. The highest BCUT2D eigenvalue weighted by Gasteiger charge is 2.43. The molecule has 1 fully saturated rings. The van der Waals surface area contributed by atoms with Crippen molar-refractivity contribution in [2.75, 3.05) is 18.7 Å². The molecule has 1 N–H and O–H groups in total. The first kappa shape index (κ1) is 24.0. The molecule has 2 aromatic carbocycles. The van der Waals surface area contributed by atoms with E-state index in [9.17, 15) is 14.4 Å². The number of hydrogen-bond acceptors (Lipinski definition) is 6. The van der Waals surface area contributed by atoms with Crippen LogP contribution < -0.4 is 14.8 Å². The molecular weight excluding hydrogens is 462 g/mol. The minimum Gasteiger partial charge on any atom is -0.454 e. The predicted molar refractivity (Wildman–Crippen MR) is 132 cm³/mol. The van der Waals surface area contributed by atoms with E-state index in [1.807, 2.05) is 24.3 Å². The van der Waals surface area contributed by atoms with Gasteiger partial charge in [-0.05, 0) is 56.9 Å². The van der Waals surface area contributed by atoms with Crippen molar-refractivity contribution in [3.8, 4) is 11.5 Å². The second-order valence-electron chi connectivity index (χ2n) is 10.3. The van der Waals surface area contributed by atoms with Crippen LogP contribution >= 0.6 is 0 Å². The minimum absolute atomic E-state index is 0.149. The van der Waals surface area contributed by atoms with E-state index in [-0.39, 0.29) is 25.2 Å². The lowest BCUT2D eigenvalue weighted by molar-refractivity contribution is -0.141. The van der Waals surface area contributed by atoms with E-state index in [1.165, 1.54) is 4.90 Å². The zero-order valence-corrected chi connectivity index (χ0v) is 20.8. The summed E-state index contributed by atoms with van der Waals surface area (Å²) < 4.78 is 16.4. The van der Waals surface area contributed by atoms with Gasteiger partial charge in [0.25, 0.3) is 0 Å². The summed E-state index contributed by atoms with van der Waals surface area (Å²) in [5.74, 6) is 0.699. The van der Waals surface area contributed by atoms with Gasteiger partial charge in [0, 0.05) is 24.7 Å². The van der Waals surface area contributed by atoms with E-state index < -0.39 is 23.8 Å². The lowest BCUT2D eigenvalue weighted by Crippen LogP contribution is -2.56. The fourth-order valence-electron chi connectivity index (χ4n) is 4.95. The number of nitrogens with zero attached hydrogens (tertiary/aromatic N) is 2. The Hall–Kier alpha value is -3.75. The number of carbonyl (C=O) groups is 3. The molecule has 0 saturated carbocycles. The number of likely N-dealkylation sites (tertiary alicyclic amines) is 1. The molecule has 9 heteroatoms. The van der Waals surface area contributed by atoms with Crippen molar-refractivity contribution < 1.29 is 28.6 Å². The molecule has 3 heterocycles. The van der Waals surface area contributed by atoms with Crippen LogP contribution in [-0.2, 0) is 27.3 Å². The predicted octanol–water partition coefficient (Wildman–Crippen LogP) is 3.71. The van der Waals surface area contributed by atoms with E-state index in [1.54, 1.807) is 43.9 Å². The van der Waals surface area contributed by atoms with E-state index >= 15 is 0 Å². The molecule has 3 amide bonds. The number of carbonyl (C=O) groups excluding carboxylic acids is 3. The minimum atomic E-state index is -0.742. The van der Waals surface area contributed by atoms with E-state index in [2.05, 4.69) is 5.32 Å². The van der Waals surface area contributed by atoms with Crippen LogP contribution in [0.3, 0.4) is 0 Å². The number of amides is 3. The van der Waals surface area contributed by atoms with E-state index in [4.69, 9.17) is 14.2 Å². The number of benzene rings is 2. The topological polar surface area (TPSA) is 97.4 Å². The Morgan fingerprint density at radius 3 is 2.50 bits per heavy atom. The lowest BCUT2D eigenvalue weighted by atomic mass is 9.93. The highest BCUT2D eigenvalue weighted by Crippen LogP contribution is 2.35. The largest absolute Gasteiger partial charge is 0.454 e. The Morgan fingerprint density at radius 1 is 0.972 bits per heavy atom. The maximum atomic E-state index is 13.9. The van der Waals surface area contributed by atoms with E-state index in [0.29, 0.717) is 43.0 Å². The van der Waals surface area contributed by atoms with Crippen LogP contribution in [0.5, 0.6) is 11.5 Å². The molecule has 2 atom stereocenters. The molecule has 1 saturated heterocycles. The van der Waals surface area contributed by atoms with E-state index in [0.717, 1.165) is 11.1 Å². The number of rotatable bonds is 3. The van der Waals surface area contributed by atoms with Gasteiger partial charge in [-0.15, -0.1) is 0 Å². The van der Waals surface area contributed by atoms with Crippen molar-refractivity contribution in [1.29, 1.82) is 0 Å². The third kappa shape index (κ3) is 4.82. The van der Waals surface area contributed by atoms with Gasteiger partial charge in [0.05, 0.1) is 6.54 Å². The fourth-order valence-corrected chi connectivity index (χ4v) is 4.95. The van der Waals surface area contributed by atoms with Gasteiger partial charge < -0.3 is 24.4 Å². The molecule has 0 spiro atoms. The maximum absolute atomic E-state index is 13.9. The van der Waals surface area contributed by atoms with Gasteiger partial charge in [-0.25, -0.2) is 4.79 Å². The van der Waals surface area contributed by atoms with Crippen LogP contribution in [0, 0.1) is 0 Å². The Labute approximate surface area is 210 Å². The maximum Gasteiger partial charge on any atom is 0.411 e. The van der Waals surface area contributed by atoms with Crippen LogP contribution in [0.4, 0.5) is 10.5 Å². The number of ether oxygens (including phenoxy) is 3. The van der Waals surface area contributed by atoms with Crippen molar-refractivity contribution in [2.24, 2.45) is 0 Å². The first-order chi connectivity index (χ1) is 17.2. The summed E-state index contributed by atoms with van der Waals surface area (Å²) in [4.78, 5) is 43.3. The summed E-state index contributed by atoms with van der Waals surface area (Å²) in [6, 6.07) is 11.6. The number of hydrogen-bond donors (Lipinski definition) is 1. The molecule has 9 nitrogen and oxygen atoms in total. The second-order valence-corrected chi connectivity index (χ2v) is 10.3. The SMILES string of the molecule is CC(C)(C)OC(=O)N1Cc2ccccc2C[C@H]1C(=O)N1CCC[C@H]1C(=O)Nc1ccc2c(c1)OCO2. The van der Waals surface area contributed by atoms with Crippen LogP contribution in [0.1, 0.15) is 44.7 Å². The van der Waals surface area contributed by atoms with Gasteiger partial charge in [-0.1, -0.05) is 24.3 Å². The van der Waals surface area contributed by atoms with Crippen molar-refractivity contribution >= 4 is 23.6 Å². The average Bonchev–Trinajstić information content (AvgIpc) is 3.51. The highest BCUT2D eigenvalue weighted by atomic mass is 16.7. The standard InChI is InChI=1S/C27H31N3O6/c1-27(2,3)36-26(33)30-15-18-8-5-4-7-17(18)13-21(30)25(32)29-12-6-9-20(29)24(31)28-19-10-11-22-23(14-19)35-16-34-22/h4-5,7-8,10-11,14,20-21H,6,9,12-13,15-16H2,1-3H3,(H,28,31)/t20-,21-/m0/s1. The quantitative estimate of drug-likeness (QED) is 0.700. The monoisotopic (exact) mass is 493 g/mol. The lowest BCUT2D eigenvalue weighted by Gasteiger charge is -2.39. The Morgan fingerprint density at radius 2 is 1.72 bits per heavy atom. The van der Waals surface area contributed by atoms with Gasteiger partial charge in [-0.3, -0.25) is 14.5 Å². The average molecular weight is 494 g/mol. The third-order valence-corrected chi connectivity index (χ3v) is 6.64. The van der Waals surface area contributed by atoms with Crippen molar-refractivity contribution in [3.05, 3.63) is 53.6 Å². The molecule has 0 radical (unpaired) electrons. The molecule has 0 bridgehead atoms. The smallest absolute Gasteiger partial charge is 0.411 e. The first-order valence-corrected chi connectivity index (χ1v) is 12.3. The molecule has 3 aliphatic heterocycles. The molecule has 0 aromatic heterocycles. The number of nitrogens with one attached hydrogen (secondary N) is 1. The van der Waals surface area contributed by atoms with Gasteiger partial charge in [0.15, 0.2) is 11.5 Å². The summed E-state index contributed by atoms with van der Waals surface area (Å²) in [5.41, 5.74) is 1.90. The van der Waals surface area contributed by atoms with Crippen molar-refractivity contribution in [1.82, 2.24) is 9.80 Å². The molecule has 0 unspecified atom stereocenters. The zero-order valence-electron chi connectivity index (χ0n) is 20.8. The second kappa shape index (κ2) is 9.37. The van der Waals surface area contributed by atoms with Crippen LogP contribution in [-0.4, -0.2) is 58.7 Å². The Balaban J connectivity index is 1.35. The molecule has 2 aromatic rings. The summed E-state index contributed by atoms with van der Waals surface area (Å²) in [6.45, 7) is 6.29. The summed E-state index contributed by atoms with van der Waals surface area (Å²) >= 11 is 0. The molecule has 190 valence electrons. The van der Waals surface area contributed by atoms with Gasteiger partial charge in [-0.2, -0.15) is 0 Å². The van der Waals surface area contributed by atoms with Gasteiger partial charge >= 0.3 is 6.09 Å². The van der Waals surface area contributed by atoms with Crippen LogP contribution in [0.25, 0.3) is 0 Å². The molecule has 0 aliphatic carbocycles. The normalized spacial score (nSPS) is 20.6. The number of fused-ring (bicyclic) bond motifs is 2. The van der Waals surface area contributed by atoms with Crippen molar-refractivity contribution in [2.45, 2.75) is 64.3 Å². The summed E-state index contributed by atoms with van der Waals surface area (Å²) in [5, 5.41) is 2.91. The van der Waals surface area contributed by atoms with Gasteiger partial charge in [0.2, 0.25) is 18.6 Å². The first-order valence-electron chi connectivity index (χ1n) is 12.3. The van der Waals surface area contributed by atoms with Crippen LogP contribution in [0.15, 0.2) is 42.5 Å². The van der Waals surface area contributed by atoms with Gasteiger partial charge in [0.1, 0.15) is 17.7 Å².